The minimum absolute atomic E-state index is 0.127. The SMILES string of the molecule is Cc1ccc(-c2c(C#N)c(N)nc(SCc3ccco3)c2C#N)cc1C. The third kappa shape index (κ3) is 3.28. The molecule has 0 bridgehead atoms. The lowest BCUT2D eigenvalue weighted by atomic mass is 9.94. The molecule has 0 saturated heterocycles. The molecule has 5 nitrogen and oxygen atoms in total. The molecule has 128 valence electrons. The number of nitrogen functional groups attached to an aromatic ring is 1. The van der Waals surface area contributed by atoms with Gasteiger partial charge in [0.2, 0.25) is 0 Å². The van der Waals surface area contributed by atoms with E-state index in [1.807, 2.05) is 44.2 Å². The quantitative estimate of drug-likeness (QED) is 0.684. The number of thioether (sulfide) groups is 1. The average molecular weight is 360 g/mol. The zero-order valence-corrected chi connectivity index (χ0v) is 15.2. The number of hydrogen-bond donors (Lipinski definition) is 1. The van der Waals surface area contributed by atoms with Crippen molar-refractivity contribution in [2.24, 2.45) is 0 Å². The van der Waals surface area contributed by atoms with Gasteiger partial charge in [0.1, 0.15) is 34.3 Å². The first-order chi connectivity index (χ1) is 12.5. The highest BCUT2D eigenvalue weighted by Crippen LogP contribution is 2.37. The largest absolute Gasteiger partial charge is 0.468 e. The van der Waals surface area contributed by atoms with Crippen molar-refractivity contribution < 1.29 is 4.42 Å². The van der Waals surface area contributed by atoms with Crippen molar-refractivity contribution in [3.63, 3.8) is 0 Å². The summed E-state index contributed by atoms with van der Waals surface area (Å²) in [5, 5.41) is 19.8. The Morgan fingerprint density at radius 3 is 2.50 bits per heavy atom. The first-order valence-electron chi connectivity index (χ1n) is 7.91. The molecule has 0 aliphatic rings. The molecule has 26 heavy (non-hydrogen) atoms. The Balaban J connectivity index is 2.16. The van der Waals surface area contributed by atoms with Crippen LogP contribution in [0.15, 0.2) is 46.0 Å². The monoisotopic (exact) mass is 360 g/mol. The number of benzene rings is 1. The third-order valence-corrected chi connectivity index (χ3v) is 5.14. The van der Waals surface area contributed by atoms with E-state index in [1.165, 1.54) is 11.8 Å². The molecule has 0 fully saturated rings. The Labute approximate surface area is 156 Å². The molecule has 0 aliphatic heterocycles. The van der Waals surface area contributed by atoms with Gasteiger partial charge in [-0.25, -0.2) is 4.98 Å². The zero-order chi connectivity index (χ0) is 18.7. The Kier molecular flexibility index (Phi) is 4.97. The smallest absolute Gasteiger partial charge is 0.143 e. The molecule has 2 N–H and O–H groups in total. The average Bonchev–Trinajstić information content (AvgIpc) is 3.15. The van der Waals surface area contributed by atoms with Gasteiger partial charge in [0.15, 0.2) is 0 Å². The molecule has 1 aromatic carbocycles. The van der Waals surface area contributed by atoms with Crippen LogP contribution in [-0.4, -0.2) is 4.98 Å². The second-order valence-corrected chi connectivity index (χ2v) is 6.78. The van der Waals surface area contributed by atoms with Gasteiger partial charge in [-0.1, -0.05) is 30.0 Å². The number of aryl methyl sites for hydroxylation is 2. The molecular weight excluding hydrogens is 344 g/mol. The van der Waals surface area contributed by atoms with E-state index in [0.29, 0.717) is 21.9 Å². The van der Waals surface area contributed by atoms with E-state index in [4.69, 9.17) is 10.2 Å². The molecular formula is C20H16N4OS. The van der Waals surface area contributed by atoms with E-state index < -0.39 is 0 Å². The van der Waals surface area contributed by atoms with Crippen LogP contribution in [0.1, 0.15) is 28.0 Å². The van der Waals surface area contributed by atoms with E-state index in [2.05, 4.69) is 17.1 Å². The highest BCUT2D eigenvalue weighted by Gasteiger charge is 2.21. The summed E-state index contributed by atoms with van der Waals surface area (Å²) in [6.45, 7) is 4.01. The first kappa shape index (κ1) is 17.6. The van der Waals surface area contributed by atoms with Crippen molar-refractivity contribution in [1.82, 2.24) is 4.98 Å². The van der Waals surface area contributed by atoms with Gasteiger partial charge in [-0.2, -0.15) is 10.5 Å². The number of hydrogen-bond acceptors (Lipinski definition) is 6. The van der Waals surface area contributed by atoms with E-state index >= 15 is 0 Å². The molecule has 3 aromatic rings. The molecule has 6 heteroatoms. The Bertz CT molecular complexity index is 1040. The zero-order valence-electron chi connectivity index (χ0n) is 14.4. The highest BCUT2D eigenvalue weighted by molar-refractivity contribution is 7.98. The fraction of sp³-hybridized carbons (Fsp3) is 0.150. The van der Waals surface area contributed by atoms with Crippen molar-refractivity contribution in [2.75, 3.05) is 5.73 Å². The molecule has 0 radical (unpaired) electrons. The van der Waals surface area contributed by atoms with Gasteiger partial charge in [0.05, 0.1) is 17.6 Å². The predicted molar refractivity (Wildman–Crippen MR) is 101 cm³/mol. The molecule has 3 rings (SSSR count). The lowest BCUT2D eigenvalue weighted by Gasteiger charge is -2.13. The molecule has 0 unspecified atom stereocenters. The minimum atomic E-state index is 0.127. The normalized spacial score (nSPS) is 10.3. The second-order valence-electron chi connectivity index (χ2n) is 5.82. The van der Waals surface area contributed by atoms with Crippen molar-refractivity contribution in [3.8, 4) is 23.3 Å². The van der Waals surface area contributed by atoms with Crippen molar-refractivity contribution in [2.45, 2.75) is 24.6 Å². The molecule has 2 heterocycles. The summed E-state index contributed by atoms with van der Waals surface area (Å²) in [4.78, 5) is 4.29. The minimum Gasteiger partial charge on any atom is -0.468 e. The van der Waals surface area contributed by atoms with Crippen LogP contribution in [0.4, 0.5) is 5.82 Å². The maximum atomic E-state index is 9.78. The predicted octanol–water partition coefficient (Wildman–Crippen LogP) is 4.58. The number of nitriles is 2. The highest BCUT2D eigenvalue weighted by atomic mass is 32.2. The van der Waals surface area contributed by atoms with Gasteiger partial charge in [-0.15, -0.1) is 0 Å². The van der Waals surface area contributed by atoms with Crippen LogP contribution in [0.25, 0.3) is 11.1 Å². The second kappa shape index (κ2) is 7.35. The summed E-state index contributed by atoms with van der Waals surface area (Å²) in [7, 11) is 0. The molecule has 0 spiro atoms. The van der Waals surface area contributed by atoms with E-state index in [9.17, 15) is 10.5 Å². The Hall–Kier alpha value is -3.22. The molecule has 0 saturated carbocycles. The summed E-state index contributed by atoms with van der Waals surface area (Å²) >= 11 is 1.36. The van der Waals surface area contributed by atoms with Crippen LogP contribution in [0, 0.1) is 36.5 Å². The van der Waals surface area contributed by atoms with Crippen LogP contribution >= 0.6 is 11.8 Å². The lowest BCUT2D eigenvalue weighted by Crippen LogP contribution is -2.03. The molecule has 0 amide bonds. The van der Waals surface area contributed by atoms with Gasteiger partial charge in [0.25, 0.3) is 0 Å². The van der Waals surface area contributed by atoms with Crippen LogP contribution in [0.2, 0.25) is 0 Å². The van der Waals surface area contributed by atoms with Gasteiger partial charge >= 0.3 is 0 Å². The third-order valence-electron chi connectivity index (χ3n) is 4.14. The van der Waals surface area contributed by atoms with Crippen LogP contribution in [-0.2, 0) is 5.75 Å². The summed E-state index contributed by atoms with van der Waals surface area (Å²) < 4.78 is 5.33. The maximum Gasteiger partial charge on any atom is 0.143 e. The van der Waals surface area contributed by atoms with Crippen LogP contribution in [0.5, 0.6) is 0 Å². The Morgan fingerprint density at radius 1 is 1.12 bits per heavy atom. The van der Waals surface area contributed by atoms with Gasteiger partial charge < -0.3 is 10.2 Å². The molecule has 2 aromatic heterocycles. The number of nitrogens with two attached hydrogens (primary N) is 1. The number of nitrogens with zero attached hydrogens (tertiary/aromatic N) is 3. The van der Waals surface area contributed by atoms with Crippen molar-refractivity contribution in [3.05, 3.63) is 64.6 Å². The summed E-state index contributed by atoms with van der Waals surface area (Å²) in [5.41, 5.74) is 10.2. The standard InChI is InChI=1S/C20H16N4OS/c1-12-5-6-14(8-13(12)2)18-16(9-21)19(23)24-20(17(18)10-22)26-11-15-4-3-7-25-15/h3-8H,11H2,1-2H3,(H2,23,24). The first-order valence-corrected chi connectivity index (χ1v) is 8.90. The van der Waals surface area contributed by atoms with Crippen molar-refractivity contribution >= 4 is 17.6 Å². The van der Waals surface area contributed by atoms with E-state index in [-0.39, 0.29) is 11.4 Å². The van der Waals surface area contributed by atoms with Gasteiger partial charge in [0, 0.05) is 5.56 Å². The fourth-order valence-corrected chi connectivity index (χ4v) is 3.52. The van der Waals surface area contributed by atoms with Crippen LogP contribution < -0.4 is 5.73 Å². The topological polar surface area (TPSA) is 99.6 Å². The van der Waals surface area contributed by atoms with Crippen molar-refractivity contribution in [1.29, 1.82) is 10.5 Å². The number of anilines is 1. The number of pyridine rings is 1. The number of aromatic nitrogens is 1. The number of furan rings is 1. The molecule has 0 atom stereocenters. The van der Waals surface area contributed by atoms with Gasteiger partial charge in [-0.05, 0) is 42.7 Å². The summed E-state index contributed by atoms with van der Waals surface area (Å²) in [6, 6.07) is 13.8. The van der Waals surface area contributed by atoms with Crippen LogP contribution in [0.3, 0.4) is 0 Å². The number of rotatable bonds is 4. The fourth-order valence-electron chi connectivity index (χ4n) is 2.62. The van der Waals surface area contributed by atoms with E-state index in [0.717, 1.165) is 22.5 Å². The lowest BCUT2D eigenvalue weighted by molar-refractivity contribution is 0.530. The maximum absolute atomic E-state index is 9.78. The summed E-state index contributed by atoms with van der Waals surface area (Å²) in [5.74, 6) is 1.42. The molecule has 0 aliphatic carbocycles. The summed E-state index contributed by atoms with van der Waals surface area (Å²) in [6.07, 6.45) is 1.60. The Morgan fingerprint density at radius 2 is 1.88 bits per heavy atom. The van der Waals surface area contributed by atoms with E-state index in [1.54, 1.807) is 6.26 Å². The van der Waals surface area contributed by atoms with Gasteiger partial charge in [-0.3, -0.25) is 0 Å².